The van der Waals surface area contributed by atoms with Crippen molar-refractivity contribution in [1.29, 1.82) is 0 Å². The van der Waals surface area contributed by atoms with E-state index < -0.39 is 0 Å². The molecule has 0 amide bonds. The molecule has 1 aliphatic heterocycles. The van der Waals surface area contributed by atoms with Gasteiger partial charge in [0.1, 0.15) is 5.82 Å². The van der Waals surface area contributed by atoms with E-state index in [-0.39, 0.29) is 0 Å². The number of nitrogens with one attached hydrogen (secondary N) is 2. The van der Waals surface area contributed by atoms with Crippen LogP contribution in [0.4, 0.5) is 0 Å². The number of nitrogens with zero attached hydrogens (tertiary/aromatic N) is 2. The summed E-state index contributed by atoms with van der Waals surface area (Å²) in [5.74, 6) is 1.11. The molecule has 0 bridgehead atoms. The van der Waals surface area contributed by atoms with Crippen molar-refractivity contribution in [3.05, 3.63) is 18.2 Å². The molecule has 19 heavy (non-hydrogen) atoms. The number of imidazole rings is 1. The number of hydrogen-bond acceptors (Lipinski definition) is 3. The fourth-order valence-corrected chi connectivity index (χ4v) is 2.84. The first-order valence-corrected chi connectivity index (χ1v) is 7.71. The molecule has 2 rings (SSSR count). The number of aromatic nitrogens is 2. The van der Waals surface area contributed by atoms with Crippen LogP contribution in [-0.4, -0.2) is 46.6 Å². The summed E-state index contributed by atoms with van der Waals surface area (Å²) >= 11 is 0. The van der Waals surface area contributed by atoms with Gasteiger partial charge in [0.2, 0.25) is 0 Å². The van der Waals surface area contributed by atoms with Crippen LogP contribution in [0.1, 0.15) is 45.4 Å². The number of aromatic amines is 1. The van der Waals surface area contributed by atoms with E-state index >= 15 is 0 Å². The largest absolute Gasteiger partial charge is 0.349 e. The highest BCUT2D eigenvalue weighted by Crippen LogP contribution is 2.13. The quantitative estimate of drug-likeness (QED) is 0.774. The summed E-state index contributed by atoms with van der Waals surface area (Å²) in [5, 5.41) is 3.72. The van der Waals surface area contributed by atoms with Crippen LogP contribution in [0, 0.1) is 0 Å². The summed E-state index contributed by atoms with van der Waals surface area (Å²) in [4.78, 5) is 10.0. The fraction of sp³-hybridized carbons (Fsp3) is 0.800. The summed E-state index contributed by atoms with van der Waals surface area (Å²) in [6.07, 6.45) is 9.88. The van der Waals surface area contributed by atoms with Gasteiger partial charge in [-0.25, -0.2) is 4.98 Å². The third kappa shape index (κ3) is 4.96. The van der Waals surface area contributed by atoms with Gasteiger partial charge in [0.15, 0.2) is 0 Å². The monoisotopic (exact) mass is 264 g/mol. The van der Waals surface area contributed by atoms with E-state index in [4.69, 9.17) is 0 Å². The lowest BCUT2D eigenvalue weighted by atomic mass is 10.1. The van der Waals surface area contributed by atoms with E-state index in [0.717, 1.165) is 25.2 Å². The Morgan fingerprint density at radius 3 is 3.05 bits per heavy atom. The smallest absolute Gasteiger partial charge is 0.106 e. The minimum absolute atomic E-state index is 0.692. The van der Waals surface area contributed by atoms with Crippen molar-refractivity contribution in [3.8, 4) is 0 Å². The van der Waals surface area contributed by atoms with E-state index in [1.165, 1.54) is 32.4 Å². The molecule has 4 nitrogen and oxygen atoms in total. The van der Waals surface area contributed by atoms with E-state index in [0.29, 0.717) is 12.1 Å². The molecule has 1 saturated heterocycles. The molecule has 2 N–H and O–H groups in total. The molecule has 0 aliphatic carbocycles. The zero-order valence-corrected chi connectivity index (χ0v) is 12.4. The maximum Gasteiger partial charge on any atom is 0.106 e. The fourth-order valence-electron chi connectivity index (χ4n) is 2.84. The van der Waals surface area contributed by atoms with Gasteiger partial charge in [-0.2, -0.15) is 0 Å². The number of H-pyrrole nitrogens is 1. The highest BCUT2D eigenvalue weighted by Gasteiger charge is 2.17. The van der Waals surface area contributed by atoms with Crippen LogP contribution >= 0.6 is 0 Å². The molecular formula is C15H28N4. The van der Waals surface area contributed by atoms with Gasteiger partial charge in [0, 0.05) is 30.9 Å². The molecule has 0 spiro atoms. The first-order chi connectivity index (χ1) is 9.25. The molecule has 2 heterocycles. The molecule has 1 aliphatic rings. The zero-order chi connectivity index (χ0) is 13.5. The average Bonchev–Trinajstić information content (AvgIpc) is 2.79. The molecular weight excluding hydrogens is 236 g/mol. The highest BCUT2D eigenvalue weighted by atomic mass is 15.1. The van der Waals surface area contributed by atoms with Crippen LogP contribution in [0.15, 0.2) is 12.4 Å². The van der Waals surface area contributed by atoms with Crippen LogP contribution in [0.3, 0.4) is 0 Å². The number of aryl methyl sites for hydroxylation is 1. The third-order valence-corrected chi connectivity index (χ3v) is 4.07. The lowest BCUT2D eigenvalue weighted by Crippen LogP contribution is -2.34. The minimum atomic E-state index is 0.692. The predicted octanol–water partition coefficient (Wildman–Crippen LogP) is 2.19. The summed E-state index contributed by atoms with van der Waals surface area (Å²) in [6.45, 7) is 8.22. The van der Waals surface area contributed by atoms with E-state index in [1.807, 2.05) is 12.4 Å². The number of rotatable bonds is 6. The predicted molar refractivity (Wildman–Crippen MR) is 79.3 cm³/mol. The summed E-state index contributed by atoms with van der Waals surface area (Å²) in [7, 11) is 0. The molecule has 0 radical (unpaired) electrons. The molecule has 4 heteroatoms. The molecule has 0 aromatic carbocycles. The average molecular weight is 264 g/mol. The second kappa shape index (κ2) is 7.65. The van der Waals surface area contributed by atoms with Crippen LogP contribution in [0.5, 0.6) is 0 Å². The molecule has 1 fully saturated rings. The van der Waals surface area contributed by atoms with Crippen LogP contribution in [-0.2, 0) is 6.42 Å². The SMILES string of the molecule is CC(C)N1CCCC(NCCCc2ncc[nH]2)CC1. The molecule has 108 valence electrons. The number of hydrogen-bond donors (Lipinski definition) is 2. The molecule has 0 saturated carbocycles. The van der Waals surface area contributed by atoms with Gasteiger partial charge < -0.3 is 15.2 Å². The van der Waals surface area contributed by atoms with Gasteiger partial charge in [-0.15, -0.1) is 0 Å². The van der Waals surface area contributed by atoms with Gasteiger partial charge in [-0.1, -0.05) is 0 Å². The minimum Gasteiger partial charge on any atom is -0.349 e. The number of likely N-dealkylation sites (tertiary alicyclic amines) is 1. The van der Waals surface area contributed by atoms with Crippen molar-refractivity contribution < 1.29 is 0 Å². The third-order valence-electron chi connectivity index (χ3n) is 4.07. The van der Waals surface area contributed by atoms with Crippen molar-refractivity contribution in [1.82, 2.24) is 20.2 Å². The summed E-state index contributed by atoms with van der Waals surface area (Å²) in [5.41, 5.74) is 0. The second-order valence-corrected chi connectivity index (χ2v) is 5.85. The van der Waals surface area contributed by atoms with E-state index in [9.17, 15) is 0 Å². The molecule has 1 atom stereocenters. The van der Waals surface area contributed by atoms with Crippen LogP contribution < -0.4 is 5.32 Å². The Morgan fingerprint density at radius 2 is 2.32 bits per heavy atom. The van der Waals surface area contributed by atoms with Gasteiger partial charge >= 0.3 is 0 Å². The normalized spacial score (nSPS) is 21.7. The Kier molecular flexibility index (Phi) is 5.86. The van der Waals surface area contributed by atoms with Gasteiger partial charge in [-0.05, 0) is 59.2 Å². The summed E-state index contributed by atoms with van der Waals surface area (Å²) in [6, 6.07) is 1.40. The summed E-state index contributed by atoms with van der Waals surface area (Å²) < 4.78 is 0. The molecule has 1 aromatic heterocycles. The van der Waals surface area contributed by atoms with Gasteiger partial charge in [-0.3, -0.25) is 0 Å². The van der Waals surface area contributed by atoms with Crippen molar-refractivity contribution in [3.63, 3.8) is 0 Å². The Morgan fingerprint density at radius 1 is 1.42 bits per heavy atom. The Bertz CT molecular complexity index is 334. The van der Waals surface area contributed by atoms with Crippen molar-refractivity contribution >= 4 is 0 Å². The topological polar surface area (TPSA) is 44.0 Å². The maximum atomic E-state index is 4.25. The Balaban J connectivity index is 1.61. The van der Waals surface area contributed by atoms with Gasteiger partial charge in [0.25, 0.3) is 0 Å². The Labute approximate surface area is 117 Å². The van der Waals surface area contributed by atoms with Crippen LogP contribution in [0.25, 0.3) is 0 Å². The van der Waals surface area contributed by atoms with Crippen LogP contribution in [0.2, 0.25) is 0 Å². The van der Waals surface area contributed by atoms with Crippen molar-refractivity contribution in [2.24, 2.45) is 0 Å². The second-order valence-electron chi connectivity index (χ2n) is 5.85. The highest BCUT2D eigenvalue weighted by molar-refractivity contribution is 4.87. The molecule has 1 unspecified atom stereocenters. The lowest BCUT2D eigenvalue weighted by Gasteiger charge is -2.24. The first kappa shape index (κ1) is 14.5. The molecule has 1 aromatic rings. The Hall–Kier alpha value is -0.870. The van der Waals surface area contributed by atoms with E-state index in [2.05, 4.69) is 34.0 Å². The first-order valence-electron chi connectivity index (χ1n) is 7.71. The zero-order valence-electron chi connectivity index (χ0n) is 12.4. The van der Waals surface area contributed by atoms with Crippen molar-refractivity contribution in [2.45, 2.75) is 58.0 Å². The van der Waals surface area contributed by atoms with E-state index in [1.54, 1.807) is 0 Å². The van der Waals surface area contributed by atoms with Gasteiger partial charge in [0.05, 0.1) is 0 Å². The lowest BCUT2D eigenvalue weighted by molar-refractivity contribution is 0.229. The van der Waals surface area contributed by atoms with Crippen molar-refractivity contribution in [2.75, 3.05) is 19.6 Å². The maximum absolute atomic E-state index is 4.25. The standard InChI is InChI=1S/C15H28N4/c1-13(2)19-11-4-5-14(7-12-19)16-8-3-6-15-17-9-10-18-15/h9-10,13-14,16H,3-8,11-12H2,1-2H3,(H,17,18).